The van der Waals surface area contributed by atoms with Crippen molar-refractivity contribution in [2.45, 2.75) is 0 Å². The number of pyridine rings is 1. The van der Waals surface area contributed by atoms with Gasteiger partial charge in [0.15, 0.2) is 11.3 Å². The number of rotatable bonds is 3. The summed E-state index contributed by atoms with van der Waals surface area (Å²) in [5.41, 5.74) is 1.24. The van der Waals surface area contributed by atoms with Crippen molar-refractivity contribution in [1.29, 1.82) is 0 Å². The fraction of sp³-hybridized carbons (Fsp3) is 0.0667. The molecule has 1 aromatic carbocycles. The monoisotopic (exact) mass is 336 g/mol. The predicted molar refractivity (Wildman–Crippen MR) is 85.0 cm³/mol. The second kappa shape index (κ2) is 5.87. The number of halogens is 2. The third kappa shape index (κ3) is 2.49. The van der Waals surface area contributed by atoms with Crippen LogP contribution in [0.1, 0.15) is 10.4 Å². The molecule has 0 atom stereocenters. The summed E-state index contributed by atoms with van der Waals surface area (Å²) in [6.45, 7) is 0. The van der Waals surface area contributed by atoms with E-state index in [9.17, 15) is 4.79 Å². The van der Waals surface area contributed by atoms with Gasteiger partial charge in [-0.1, -0.05) is 23.2 Å². The highest BCUT2D eigenvalue weighted by Gasteiger charge is 2.17. The van der Waals surface area contributed by atoms with Crippen molar-refractivity contribution < 1.29 is 13.9 Å². The van der Waals surface area contributed by atoms with E-state index in [1.54, 1.807) is 18.2 Å². The Balaban J connectivity index is 2.01. The molecule has 0 fully saturated rings. The standard InChI is InChI=1S/C15H10Cl2N2O3/c1-21-12-3-2-9(8-4-5-22-14(8)12)15(20)19-13-10(16)6-18-7-11(13)17/h2-7H,1H3,(H,18,19,20). The van der Waals surface area contributed by atoms with E-state index in [1.165, 1.54) is 25.8 Å². The number of aromatic nitrogens is 1. The highest BCUT2D eigenvalue weighted by atomic mass is 35.5. The normalized spacial score (nSPS) is 10.7. The first-order valence-corrected chi connectivity index (χ1v) is 7.02. The molecule has 0 unspecified atom stereocenters. The van der Waals surface area contributed by atoms with Crippen LogP contribution in [0.3, 0.4) is 0 Å². The van der Waals surface area contributed by atoms with Gasteiger partial charge in [0.05, 0.1) is 34.7 Å². The van der Waals surface area contributed by atoms with Gasteiger partial charge in [0.2, 0.25) is 0 Å². The Hall–Kier alpha value is -2.24. The maximum atomic E-state index is 12.5. The van der Waals surface area contributed by atoms with Crippen LogP contribution in [0.15, 0.2) is 41.3 Å². The number of hydrogen-bond donors (Lipinski definition) is 1. The number of carbonyl (C=O) groups is 1. The van der Waals surface area contributed by atoms with E-state index < -0.39 is 0 Å². The van der Waals surface area contributed by atoms with Crippen LogP contribution >= 0.6 is 23.2 Å². The Bertz CT molecular complexity index is 841. The number of nitrogens with one attached hydrogen (secondary N) is 1. The Morgan fingerprint density at radius 1 is 1.23 bits per heavy atom. The molecule has 112 valence electrons. The van der Waals surface area contributed by atoms with E-state index in [1.807, 2.05) is 0 Å². The fourth-order valence-electron chi connectivity index (χ4n) is 2.11. The number of anilines is 1. The van der Waals surface area contributed by atoms with Crippen LogP contribution in [0.5, 0.6) is 5.75 Å². The van der Waals surface area contributed by atoms with Crippen molar-refractivity contribution in [2.75, 3.05) is 12.4 Å². The molecule has 3 rings (SSSR count). The summed E-state index contributed by atoms with van der Waals surface area (Å²) < 4.78 is 10.6. The first kappa shape index (κ1) is 14.7. The molecule has 0 bridgehead atoms. The smallest absolute Gasteiger partial charge is 0.256 e. The molecular weight excluding hydrogens is 327 g/mol. The quantitative estimate of drug-likeness (QED) is 0.770. The number of methoxy groups -OCH3 is 1. The van der Waals surface area contributed by atoms with Crippen molar-refractivity contribution in [2.24, 2.45) is 0 Å². The number of amides is 1. The zero-order valence-electron chi connectivity index (χ0n) is 11.4. The lowest BCUT2D eigenvalue weighted by atomic mass is 10.1. The summed E-state index contributed by atoms with van der Waals surface area (Å²) in [5.74, 6) is 0.195. The van der Waals surface area contributed by atoms with Crippen LogP contribution < -0.4 is 10.1 Å². The molecule has 0 aliphatic rings. The number of carbonyl (C=O) groups excluding carboxylic acids is 1. The van der Waals surface area contributed by atoms with Crippen LogP contribution in [-0.4, -0.2) is 18.0 Å². The molecule has 22 heavy (non-hydrogen) atoms. The zero-order valence-corrected chi connectivity index (χ0v) is 12.9. The minimum Gasteiger partial charge on any atom is -0.493 e. The van der Waals surface area contributed by atoms with Gasteiger partial charge in [0.1, 0.15) is 0 Å². The molecule has 7 heteroatoms. The maximum absolute atomic E-state index is 12.5. The van der Waals surface area contributed by atoms with Crippen LogP contribution in [0.25, 0.3) is 11.0 Å². The van der Waals surface area contributed by atoms with Gasteiger partial charge in [-0.15, -0.1) is 0 Å². The molecule has 0 aliphatic carbocycles. The molecule has 0 radical (unpaired) electrons. The highest BCUT2D eigenvalue weighted by Crippen LogP contribution is 2.32. The first-order chi connectivity index (χ1) is 10.6. The van der Waals surface area contributed by atoms with Gasteiger partial charge in [-0.25, -0.2) is 0 Å². The summed E-state index contributed by atoms with van der Waals surface area (Å²) in [6.07, 6.45) is 4.31. The summed E-state index contributed by atoms with van der Waals surface area (Å²) in [7, 11) is 1.54. The average Bonchev–Trinajstić information content (AvgIpc) is 2.99. The Morgan fingerprint density at radius 3 is 2.64 bits per heavy atom. The lowest BCUT2D eigenvalue weighted by Gasteiger charge is -2.10. The van der Waals surface area contributed by atoms with Crippen molar-refractivity contribution in [3.8, 4) is 5.75 Å². The van der Waals surface area contributed by atoms with Gasteiger partial charge in [-0.2, -0.15) is 0 Å². The van der Waals surface area contributed by atoms with Gasteiger partial charge in [0, 0.05) is 17.8 Å². The molecular formula is C15H10Cl2N2O3. The largest absolute Gasteiger partial charge is 0.493 e. The lowest BCUT2D eigenvalue weighted by Crippen LogP contribution is -2.13. The van der Waals surface area contributed by atoms with E-state index in [-0.39, 0.29) is 16.0 Å². The molecule has 0 spiro atoms. The molecule has 1 N–H and O–H groups in total. The number of nitrogens with zero attached hydrogens (tertiary/aromatic N) is 1. The number of benzene rings is 1. The molecule has 2 aromatic heterocycles. The first-order valence-electron chi connectivity index (χ1n) is 6.26. The number of furan rings is 1. The molecule has 0 saturated carbocycles. The van der Waals surface area contributed by atoms with E-state index >= 15 is 0 Å². The van der Waals surface area contributed by atoms with Crippen molar-refractivity contribution in [1.82, 2.24) is 4.98 Å². The van der Waals surface area contributed by atoms with E-state index in [4.69, 9.17) is 32.4 Å². The van der Waals surface area contributed by atoms with Crippen molar-refractivity contribution in [3.05, 3.63) is 52.5 Å². The third-order valence-corrected chi connectivity index (χ3v) is 3.71. The third-order valence-electron chi connectivity index (χ3n) is 3.14. The Labute approximate surface area is 135 Å². The van der Waals surface area contributed by atoms with Gasteiger partial charge in [-0.05, 0) is 18.2 Å². The lowest BCUT2D eigenvalue weighted by molar-refractivity contribution is 0.102. The van der Waals surface area contributed by atoms with Gasteiger partial charge in [-0.3, -0.25) is 9.78 Å². The summed E-state index contributed by atoms with van der Waals surface area (Å²) >= 11 is 12.0. The van der Waals surface area contributed by atoms with Gasteiger partial charge in [0.25, 0.3) is 5.91 Å². The molecule has 2 heterocycles. The summed E-state index contributed by atoms with van der Waals surface area (Å²) in [5, 5.41) is 3.85. The fourth-order valence-corrected chi connectivity index (χ4v) is 2.57. The predicted octanol–water partition coefficient (Wildman–Crippen LogP) is 4.40. The summed E-state index contributed by atoms with van der Waals surface area (Å²) in [6, 6.07) is 5.01. The Kier molecular flexibility index (Phi) is 3.92. The minimum atomic E-state index is -0.357. The molecule has 3 aromatic rings. The van der Waals surface area contributed by atoms with Gasteiger partial charge >= 0.3 is 0 Å². The summed E-state index contributed by atoms with van der Waals surface area (Å²) in [4.78, 5) is 16.3. The second-order valence-electron chi connectivity index (χ2n) is 4.41. The zero-order chi connectivity index (χ0) is 15.7. The highest BCUT2D eigenvalue weighted by molar-refractivity contribution is 6.39. The van der Waals surface area contributed by atoms with E-state index in [0.29, 0.717) is 28.0 Å². The minimum absolute atomic E-state index is 0.262. The molecule has 1 amide bonds. The Morgan fingerprint density at radius 2 is 1.95 bits per heavy atom. The van der Waals surface area contributed by atoms with Crippen LogP contribution in [0, 0.1) is 0 Å². The molecule has 0 aliphatic heterocycles. The van der Waals surface area contributed by atoms with Crippen molar-refractivity contribution in [3.63, 3.8) is 0 Å². The van der Waals surface area contributed by atoms with Gasteiger partial charge < -0.3 is 14.5 Å². The van der Waals surface area contributed by atoms with Crippen LogP contribution in [0.4, 0.5) is 5.69 Å². The van der Waals surface area contributed by atoms with Crippen molar-refractivity contribution >= 4 is 45.8 Å². The van der Waals surface area contributed by atoms with Crippen LogP contribution in [-0.2, 0) is 0 Å². The van der Waals surface area contributed by atoms with E-state index in [2.05, 4.69) is 10.3 Å². The number of hydrogen-bond acceptors (Lipinski definition) is 4. The average molecular weight is 337 g/mol. The maximum Gasteiger partial charge on any atom is 0.256 e. The molecule has 0 saturated heterocycles. The second-order valence-corrected chi connectivity index (χ2v) is 5.23. The SMILES string of the molecule is COc1ccc(C(=O)Nc2c(Cl)cncc2Cl)c2ccoc12. The number of fused-ring (bicyclic) bond motifs is 1. The van der Waals surface area contributed by atoms with E-state index in [0.717, 1.165) is 0 Å². The number of ether oxygens (including phenoxy) is 1. The van der Waals surface area contributed by atoms with Crippen LogP contribution in [0.2, 0.25) is 10.0 Å². The topological polar surface area (TPSA) is 64.4 Å². The molecule has 5 nitrogen and oxygen atoms in total.